The number of rotatable bonds is 4. The van der Waals surface area contributed by atoms with Crippen molar-refractivity contribution in [3.63, 3.8) is 0 Å². The summed E-state index contributed by atoms with van der Waals surface area (Å²) in [4.78, 5) is 26.4. The molecule has 8 heteroatoms. The minimum atomic E-state index is -0.228. The lowest BCUT2D eigenvalue weighted by molar-refractivity contribution is -0.121. The summed E-state index contributed by atoms with van der Waals surface area (Å²) in [7, 11) is 0. The molecule has 0 aromatic carbocycles. The Hall–Kier alpha value is -2.22. The summed E-state index contributed by atoms with van der Waals surface area (Å²) < 4.78 is 4.95. The number of hydrogen-bond donors (Lipinski definition) is 1. The van der Waals surface area contributed by atoms with Crippen LogP contribution in [0.5, 0.6) is 0 Å². The lowest BCUT2D eigenvalue weighted by atomic mass is 9.97. The summed E-state index contributed by atoms with van der Waals surface area (Å²) in [6, 6.07) is 1.64. The Balaban J connectivity index is 1.61. The standard InChI is InChI=1S/C15H18N4O3S/c1-2-12-17-18-15(23-12)16-13(20)10-4-3-6-19(8-10)14(21)11-5-7-22-9-11/h5,7,9-10H,2-4,6,8H2,1H3,(H,16,18,20)/t10-/m1/s1. The average molecular weight is 334 g/mol. The fraction of sp³-hybridized carbons (Fsp3) is 0.467. The molecule has 0 radical (unpaired) electrons. The molecule has 1 fully saturated rings. The number of piperidine rings is 1. The maximum absolute atomic E-state index is 12.4. The normalized spacial score (nSPS) is 18.0. The zero-order valence-electron chi connectivity index (χ0n) is 12.8. The molecule has 1 aliphatic rings. The Bertz CT molecular complexity index is 683. The van der Waals surface area contributed by atoms with Gasteiger partial charge in [0.25, 0.3) is 5.91 Å². The highest BCUT2D eigenvalue weighted by molar-refractivity contribution is 7.15. The molecule has 1 saturated heterocycles. The molecule has 3 heterocycles. The predicted molar refractivity (Wildman–Crippen MR) is 85.3 cm³/mol. The summed E-state index contributed by atoms with van der Waals surface area (Å²) in [5, 5.41) is 12.2. The van der Waals surface area contributed by atoms with Gasteiger partial charge in [0.15, 0.2) is 0 Å². The highest BCUT2D eigenvalue weighted by Gasteiger charge is 2.29. The molecule has 2 aromatic heterocycles. The van der Waals surface area contributed by atoms with E-state index >= 15 is 0 Å². The molecule has 1 aliphatic heterocycles. The van der Waals surface area contributed by atoms with E-state index in [9.17, 15) is 9.59 Å². The van der Waals surface area contributed by atoms with Crippen LogP contribution in [-0.2, 0) is 11.2 Å². The van der Waals surface area contributed by atoms with Gasteiger partial charge in [0.1, 0.15) is 11.3 Å². The highest BCUT2D eigenvalue weighted by Crippen LogP contribution is 2.22. The summed E-state index contributed by atoms with van der Waals surface area (Å²) in [5.41, 5.74) is 0.516. The van der Waals surface area contributed by atoms with Crippen molar-refractivity contribution in [2.24, 2.45) is 5.92 Å². The number of anilines is 1. The van der Waals surface area contributed by atoms with Crippen LogP contribution < -0.4 is 5.32 Å². The van der Waals surface area contributed by atoms with Crippen molar-refractivity contribution in [1.29, 1.82) is 0 Å². The number of amides is 2. The molecule has 23 heavy (non-hydrogen) atoms. The predicted octanol–water partition coefficient (Wildman–Crippen LogP) is 2.18. The van der Waals surface area contributed by atoms with Gasteiger partial charge in [0, 0.05) is 13.1 Å². The van der Waals surface area contributed by atoms with Crippen LogP contribution in [0.4, 0.5) is 5.13 Å². The van der Waals surface area contributed by atoms with E-state index in [-0.39, 0.29) is 17.7 Å². The number of aryl methyl sites for hydroxylation is 1. The molecule has 7 nitrogen and oxygen atoms in total. The van der Waals surface area contributed by atoms with Gasteiger partial charge >= 0.3 is 0 Å². The summed E-state index contributed by atoms with van der Waals surface area (Å²) in [6.07, 6.45) is 5.27. The van der Waals surface area contributed by atoms with Crippen LogP contribution in [0.1, 0.15) is 35.1 Å². The van der Waals surface area contributed by atoms with Gasteiger partial charge in [-0.15, -0.1) is 10.2 Å². The number of nitrogens with zero attached hydrogens (tertiary/aromatic N) is 3. The molecule has 0 spiro atoms. The van der Waals surface area contributed by atoms with Crippen LogP contribution in [-0.4, -0.2) is 40.0 Å². The first-order chi connectivity index (χ1) is 11.2. The van der Waals surface area contributed by atoms with E-state index in [0.717, 1.165) is 24.3 Å². The minimum absolute atomic E-state index is 0.0968. The van der Waals surface area contributed by atoms with Crippen molar-refractivity contribution in [1.82, 2.24) is 15.1 Å². The zero-order valence-corrected chi connectivity index (χ0v) is 13.6. The largest absolute Gasteiger partial charge is 0.472 e. The van der Waals surface area contributed by atoms with Crippen LogP contribution >= 0.6 is 11.3 Å². The van der Waals surface area contributed by atoms with Crippen molar-refractivity contribution in [2.45, 2.75) is 26.2 Å². The van der Waals surface area contributed by atoms with Gasteiger partial charge < -0.3 is 14.6 Å². The third kappa shape index (κ3) is 3.58. The molecule has 0 unspecified atom stereocenters. The van der Waals surface area contributed by atoms with Crippen molar-refractivity contribution in [2.75, 3.05) is 18.4 Å². The first kappa shape index (κ1) is 15.7. The zero-order chi connectivity index (χ0) is 16.2. The smallest absolute Gasteiger partial charge is 0.257 e. The van der Waals surface area contributed by atoms with Crippen LogP contribution in [0, 0.1) is 5.92 Å². The van der Waals surface area contributed by atoms with E-state index in [4.69, 9.17) is 4.42 Å². The Morgan fingerprint density at radius 2 is 2.35 bits per heavy atom. The molecule has 0 bridgehead atoms. The van der Waals surface area contributed by atoms with Crippen LogP contribution in [0.15, 0.2) is 23.0 Å². The van der Waals surface area contributed by atoms with E-state index in [2.05, 4.69) is 15.5 Å². The average Bonchev–Trinajstić information content (AvgIpc) is 3.26. The molecule has 1 atom stereocenters. The van der Waals surface area contributed by atoms with E-state index in [0.29, 0.717) is 23.8 Å². The molecule has 0 aliphatic carbocycles. The number of nitrogens with one attached hydrogen (secondary N) is 1. The lowest BCUT2D eigenvalue weighted by Gasteiger charge is -2.31. The van der Waals surface area contributed by atoms with Crippen molar-refractivity contribution in [3.8, 4) is 0 Å². The van der Waals surface area contributed by atoms with E-state index in [1.807, 2.05) is 6.92 Å². The fourth-order valence-electron chi connectivity index (χ4n) is 2.60. The topological polar surface area (TPSA) is 88.3 Å². The first-order valence-electron chi connectivity index (χ1n) is 7.62. The number of hydrogen-bond acceptors (Lipinski definition) is 6. The van der Waals surface area contributed by atoms with Gasteiger partial charge in [0.05, 0.1) is 17.7 Å². The van der Waals surface area contributed by atoms with E-state index in [1.165, 1.54) is 23.9 Å². The second-order valence-electron chi connectivity index (χ2n) is 5.45. The number of furan rings is 1. The molecule has 2 amide bonds. The quantitative estimate of drug-likeness (QED) is 0.926. The summed E-state index contributed by atoms with van der Waals surface area (Å²) in [5.74, 6) is -0.428. The van der Waals surface area contributed by atoms with Crippen LogP contribution in [0.25, 0.3) is 0 Å². The molecule has 2 aromatic rings. The van der Waals surface area contributed by atoms with Gasteiger partial charge in [0.2, 0.25) is 11.0 Å². The number of carbonyl (C=O) groups excluding carboxylic acids is 2. The number of likely N-dealkylation sites (tertiary alicyclic amines) is 1. The SMILES string of the molecule is CCc1nnc(NC(=O)[C@@H]2CCCN(C(=O)c3ccoc3)C2)s1. The van der Waals surface area contributed by atoms with Crippen LogP contribution in [0.3, 0.4) is 0 Å². The Kier molecular flexibility index (Phi) is 4.71. The molecular weight excluding hydrogens is 316 g/mol. The Labute approximate surface area is 137 Å². The summed E-state index contributed by atoms with van der Waals surface area (Å²) >= 11 is 1.38. The minimum Gasteiger partial charge on any atom is -0.472 e. The number of aromatic nitrogens is 2. The third-order valence-electron chi connectivity index (χ3n) is 3.85. The van der Waals surface area contributed by atoms with E-state index in [1.54, 1.807) is 11.0 Å². The highest BCUT2D eigenvalue weighted by atomic mass is 32.1. The van der Waals surface area contributed by atoms with Crippen molar-refractivity contribution in [3.05, 3.63) is 29.2 Å². The van der Waals surface area contributed by atoms with Gasteiger partial charge in [-0.25, -0.2) is 0 Å². The second kappa shape index (κ2) is 6.91. The molecular formula is C15H18N4O3S. The Morgan fingerprint density at radius 3 is 3.04 bits per heavy atom. The van der Waals surface area contributed by atoms with E-state index < -0.39 is 0 Å². The van der Waals surface area contributed by atoms with Gasteiger partial charge in [-0.1, -0.05) is 18.3 Å². The van der Waals surface area contributed by atoms with Crippen molar-refractivity contribution >= 4 is 28.3 Å². The maximum Gasteiger partial charge on any atom is 0.257 e. The Morgan fingerprint density at radius 1 is 1.48 bits per heavy atom. The second-order valence-corrected chi connectivity index (χ2v) is 6.51. The van der Waals surface area contributed by atoms with Crippen LogP contribution in [0.2, 0.25) is 0 Å². The molecule has 3 rings (SSSR count). The van der Waals surface area contributed by atoms with Gasteiger partial charge in [-0.2, -0.15) is 0 Å². The molecule has 1 N–H and O–H groups in total. The summed E-state index contributed by atoms with van der Waals surface area (Å²) in [6.45, 7) is 3.06. The van der Waals surface area contributed by atoms with Crippen molar-refractivity contribution < 1.29 is 14.0 Å². The van der Waals surface area contributed by atoms with Gasteiger partial charge in [-0.3, -0.25) is 9.59 Å². The molecule has 122 valence electrons. The van der Waals surface area contributed by atoms with Gasteiger partial charge in [-0.05, 0) is 25.3 Å². The third-order valence-corrected chi connectivity index (χ3v) is 4.83. The molecule has 0 saturated carbocycles. The number of carbonyl (C=O) groups is 2. The lowest BCUT2D eigenvalue weighted by Crippen LogP contribution is -2.43. The first-order valence-corrected chi connectivity index (χ1v) is 8.43. The maximum atomic E-state index is 12.4. The monoisotopic (exact) mass is 334 g/mol. The fourth-order valence-corrected chi connectivity index (χ4v) is 3.28.